The zero-order valence-corrected chi connectivity index (χ0v) is 14.5. The summed E-state index contributed by atoms with van der Waals surface area (Å²) in [6, 6.07) is 13.0. The molecule has 5 heteroatoms. The molecule has 0 amide bonds. The van der Waals surface area contributed by atoms with Gasteiger partial charge in [0.2, 0.25) is 10.0 Å². The van der Waals surface area contributed by atoms with Crippen molar-refractivity contribution in [3.8, 4) is 0 Å². The number of rotatable bonds is 7. The minimum atomic E-state index is -3.43. The number of halogens is 1. The Bertz CT molecular complexity index is 695. The molecule has 0 aliphatic rings. The maximum atomic E-state index is 12.7. The molecular weight excluding hydrogens is 350 g/mol. The van der Waals surface area contributed by atoms with Crippen LogP contribution in [0.15, 0.2) is 47.4 Å². The minimum Gasteiger partial charge on any atom is -0.207 e. The van der Waals surface area contributed by atoms with Crippen LogP contribution in [0.4, 0.5) is 0 Å². The van der Waals surface area contributed by atoms with Crippen LogP contribution in [-0.4, -0.2) is 31.6 Å². The number of unbranched alkanes of at least 4 members (excludes halogenated alkanes) is 2. The molecule has 2 aromatic rings. The molecule has 0 radical (unpaired) electrons. The molecule has 21 heavy (non-hydrogen) atoms. The van der Waals surface area contributed by atoms with E-state index in [0.29, 0.717) is 11.4 Å². The zero-order valence-electron chi connectivity index (χ0n) is 12.1. The van der Waals surface area contributed by atoms with Gasteiger partial charge in [0, 0.05) is 24.3 Å². The highest BCUT2D eigenvalue weighted by atomic mass is 79.9. The van der Waals surface area contributed by atoms with Crippen molar-refractivity contribution < 1.29 is 8.42 Å². The Hall–Kier alpha value is -0.910. The summed E-state index contributed by atoms with van der Waals surface area (Å²) in [5.74, 6) is 0. The molecule has 0 heterocycles. The lowest BCUT2D eigenvalue weighted by Crippen LogP contribution is -2.28. The fourth-order valence-corrected chi connectivity index (χ4v) is 4.13. The van der Waals surface area contributed by atoms with Gasteiger partial charge in [0.25, 0.3) is 0 Å². The number of sulfonamides is 1. The van der Waals surface area contributed by atoms with E-state index in [1.54, 1.807) is 19.2 Å². The van der Waals surface area contributed by atoms with Gasteiger partial charge in [-0.15, -0.1) is 0 Å². The van der Waals surface area contributed by atoms with E-state index >= 15 is 0 Å². The van der Waals surface area contributed by atoms with E-state index in [1.165, 1.54) is 4.31 Å². The summed E-state index contributed by atoms with van der Waals surface area (Å²) >= 11 is 3.39. The van der Waals surface area contributed by atoms with Gasteiger partial charge in [-0.2, -0.15) is 0 Å². The topological polar surface area (TPSA) is 37.4 Å². The maximum absolute atomic E-state index is 12.7. The molecule has 0 saturated heterocycles. The van der Waals surface area contributed by atoms with Crippen molar-refractivity contribution in [3.63, 3.8) is 0 Å². The zero-order chi connectivity index (χ0) is 15.3. The van der Waals surface area contributed by atoms with Crippen LogP contribution in [0.25, 0.3) is 10.8 Å². The van der Waals surface area contributed by atoms with Crippen molar-refractivity contribution in [1.82, 2.24) is 4.31 Å². The molecule has 0 aliphatic heterocycles. The molecule has 0 unspecified atom stereocenters. The number of benzene rings is 2. The molecule has 0 fully saturated rings. The Morgan fingerprint density at radius 2 is 1.71 bits per heavy atom. The molecule has 0 saturated carbocycles. The second kappa shape index (κ2) is 7.38. The van der Waals surface area contributed by atoms with Crippen molar-refractivity contribution in [2.45, 2.75) is 24.2 Å². The van der Waals surface area contributed by atoms with E-state index in [-0.39, 0.29) is 0 Å². The first kappa shape index (κ1) is 16.5. The summed E-state index contributed by atoms with van der Waals surface area (Å²) in [7, 11) is -1.77. The van der Waals surface area contributed by atoms with Crippen LogP contribution in [-0.2, 0) is 10.0 Å². The van der Waals surface area contributed by atoms with Gasteiger partial charge in [0.15, 0.2) is 0 Å². The van der Waals surface area contributed by atoms with Crippen LogP contribution in [0.1, 0.15) is 19.3 Å². The summed E-state index contributed by atoms with van der Waals surface area (Å²) in [6.45, 7) is 0.554. The third-order valence-electron chi connectivity index (χ3n) is 3.54. The molecule has 114 valence electrons. The lowest BCUT2D eigenvalue weighted by Gasteiger charge is -2.18. The Balaban J connectivity index is 2.25. The number of fused-ring (bicyclic) bond motifs is 1. The van der Waals surface area contributed by atoms with Crippen molar-refractivity contribution >= 4 is 36.7 Å². The molecule has 0 aromatic heterocycles. The van der Waals surface area contributed by atoms with Gasteiger partial charge in [-0.1, -0.05) is 58.7 Å². The molecule has 0 N–H and O–H groups in total. The highest BCUT2D eigenvalue weighted by Crippen LogP contribution is 2.25. The van der Waals surface area contributed by atoms with E-state index < -0.39 is 10.0 Å². The standard InChI is InChI=1S/C16H20BrNO2S/c1-18(13-6-2-5-12-17)21(19,20)16-11-7-9-14-8-3-4-10-15(14)16/h3-4,7-11H,2,5-6,12-13H2,1H3. The fraction of sp³-hybridized carbons (Fsp3) is 0.375. The summed E-state index contributed by atoms with van der Waals surface area (Å²) in [4.78, 5) is 0.392. The maximum Gasteiger partial charge on any atom is 0.243 e. The Labute approximate surface area is 135 Å². The van der Waals surface area contributed by atoms with Crippen molar-refractivity contribution in [3.05, 3.63) is 42.5 Å². The van der Waals surface area contributed by atoms with Gasteiger partial charge in [0.05, 0.1) is 4.90 Å². The van der Waals surface area contributed by atoms with Crippen molar-refractivity contribution in [1.29, 1.82) is 0 Å². The number of alkyl halides is 1. The predicted octanol–water partition coefficient (Wildman–Crippen LogP) is 4.03. The average molecular weight is 370 g/mol. The average Bonchev–Trinajstić information content (AvgIpc) is 2.50. The molecule has 2 aromatic carbocycles. The van der Waals surface area contributed by atoms with Crippen LogP contribution in [0.3, 0.4) is 0 Å². The van der Waals surface area contributed by atoms with Crippen molar-refractivity contribution in [2.75, 3.05) is 18.9 Å². The normalized spacial score (nSPS) is 12.1. The highest BCUT2D eigenvalue weighted by Gasteiger charge is 2.22. The predicted molar refractivity (Wildman–Crippen MR) is 91.4 cm³/mol. The van der Waals surface area contributed by atoms with Crippen molar-refractivity contribution in [2.24, 2.45) is 0 Å². The quantitative estimate of drug-likeness (QED) is 0.545. The SMILES string of the molecule is CN(CCCCCBr)S(=O)(=O)c1cccc2ccccc12. The summed E-state index contributed by atoms with van der Waals surface area (Å²) in [5, 5.41) is 2.70. The third kappa shape index (κ3) is 3.84. The lowest BCUT2D eigenvalue weighted by atomic mass is 10.1. The van der Waals surface area contributed by atoms with Gasteiger partial charge in [0.1, 0.15) is 0 Å². The molecular formula is C16H20BrNO2S. The largest absolute Gasteiger partial charge is 0.243 e. The van der Waals surface area contributed by atoms with E-state index in [9.17, 15) is 8.42 Å². The number of hydrogen-bond acceptors (Lipinski definition) is 2. The lowest BCUT2D eigenvalue weighted by molar-refractivity contribution is 0.455. The molecule has 0 aliphatic carbocycles. The Kier molecular flexibility index (Phi) is 5.79. The van der Waals surface area contributed by atoms with Crippen LogP contribution < -0.4 is 0 Å². The van der Waals surface area contributed by atoms with Gasteiger partial charge in [-0.3, -0.25) is 0 Å². The summed E-state index contributed by atoms with van der Waals surface area (Å²) < 4.78 is 26.9. The first-order valence-corrected chi connectivity index (χ1v) is 9.63. The Morgan fingerprint density at radius 3 is 2.48 bits per heavy atom. The molecule has 3 nitrogen and oxygen atoms in total. The van der Waals surface area contributed by atoms with Gasteiger partial charge < -0.3 is 0 Å². The van der Waals surface area contributed by atoms with E-state index in [4.69, 9.17) is 0 Å². The molecule has 0 spiro atoms. The first-order valence-electron chi connectivity index (χ1n) is 7.07. The van der Waals surface area contributed by atoms with E-state index in [2.05, 4.69) is 15.9 Å². The first-order chi connectivity index (χ1) is 10.1. The van der Waals surface area contributed by atoms with Gasteiger partial charge in [-0.25, -0.2) is 12.7 Å². The van der Waals surface area contributed by atoms with Gasteiger partial charge >= 0.3 is 0 Å². The fourth-order valence-electron chi connectivity index (χ4n) is 2.31. The number of hydrogen-bond donors (Lipinski definition) is 0. The monoisotopic (exact) mass is 369 g/mol. The van der Waals surface area contributed by atoms with Crippen LogP contribution in [0.5, 0.6) is 0 Å². The summed E-state index contributed by atoms with van der Waals surface area (Å²) in [5.41, 5.74) is 0. The smallest absolute Gasteiger partial charge is 0.207 e. The van der Waals surface area contributed by atoms with Crippen LogP contribution >= 0.6 is 15.9 Å². The highest BCUT2D eigenvalue weighted by molar-refractivity contribution is 9.09. The number of nitrogens with zero attached hydrogens (tertiary/aromatic N) is 1. The molecule has 2 rings (SSSR count). The third-order valence-corrected chi connectivity index (χ3v) is 6.02. The molecule has 0 bridgehead atoms. The second-order valence-electron chi connectivity index (χ2n) is 5.05. The minimum absolute atomic E-state index is 0.392. The van der Waals surface area contributed by atoms with Gasteiger partial charge in [-0.05, 0) is 24.3 Å². The Morgan fingerprint density at radius 1 is 1.00 bits per heavy atom. The second-order valence-corrected chi connectivity index (χ2v) is 7.86. The summed E-state index contributed by atoms with van der Waals surface area (Å²) in [6.07, 6.45) is 2.98. The van der Waals surface area contributed by atoms with Crippen LogP contribution in [0.2, 0.25) is 0 Å². The van der Waals surface area contributed by atoms with E-state index in [1.807, 2.05) is 30.3 Å². The molecule has 0 atom stereocenters. The van der Waals surface area contributed by atoms with Crippen LogP contribution in [0, 0.1) is 0 Å². The van der Waals surface area contributed by atoms with E-state index in [0.717, 1.165) is 35.4 Å².